The van der Waals surface area contributed by atoms with Gasteiger partial charge in [-0.2, -0.15) is 0 Å². The van der Waals surface area contributed by atoms with Gasteiger partial charge in [-0.25, -0.2) is 8.78 Å². The molecule has 1 aliphatic heterocycles. The summed E-state index contributed by atoms with van der Waals surface area (Å²) in [6.45, 7) is 1.04. The first-order valence-corrected chi connectivity index (χ1v) is 9.27. The molecule has 2 unspecified atom stereocenters. The van der Waals surface area contributed by atoms with Gasteiger partial charge in [0.15, 0.2) is 0 Å². The Kier molecular flexibility index (Phi) is 6.54. The zero-order valence-electron chi connectivity index (χ0n) is 15.3. The molecule has 0 spiro atoms. The standard InChI is InChI=1S/C20H21ClF2O6/c1-8-4-9(10-5-12(22)15(21)13(23)6-10)2-3-11(8)16(25)20-19(28)18(27)17(26)14(7-24)29-20/h2-6,14,16-20,24-28H,7H2,1H3/t14-,16-,17-,18?,19?,20-/m1/s1. The summed E-state index contributed by atoms with van der Waals surface area (Å²) < 4.78 is 32.9. The molecule has 0 amide bonds. The predicted molar refractivity (Wildman–Crippen MR) is 100 cm³/mol. The summed E-state index contributed by atoms with van der Waals surface area (Å²) in [7, 11) is 0. The van der Waals surface area contributed by atoms with E-state index in [0.717, 1.165) is 12.1 Å². The third-order valence-corrected chi connectivity index (χ3v) is 5.51. The zero-order valence-corrected chi connectivity index (χ0v) is 16.1. The van der Waals surface area contributed by atoms with Crippen LogP contribution in [0.2, 0.25) is 5.02 Å². The van der Waals surface area contributed by atoms with Gasteiger partial charge in [0.2, 0.25) is 0 Å². The van der Waals surface area contributed by atoms with E-state index < -0.39 is 59.9 Å². The lowest BCUT2D eigenvalue weighted by Gasteiger charge is -2.42. The lowest BCUT2D eigenvalue weighted by Crippen LogP contribution is -2.59. The molecular weight excluding hydrogens is 410 g/mol. The number of rotatable bonds is 4. The normalized spacial score (nSPS) is 28.4. The van der Waals surface area contributed by atoms with Gasteiger partial charge in [0.05, 0.1) is 6.61 Å². The van der Waals surface area contributed by atoms with Gasteiger partial charge < -0.3 is 30.3 Å². The number of aryl methyl sites for hydroxylation is 1. The third kappa shape index (κ3) is 4.15. The molecular formula is C20H21ClF2O6. The Morgan fingerprint density at radius 3 is 2.17 bits per heavy atom. The van der Waals surface area contributed by atoms with Crippen LogP contribution in [-0.4, -0.2) is 62.7 Å². The number of hydrogen-bond acceptors (Lipinski definition) is 6. The molecule has 0 aromatic heterocycles. The van der Waals surface area contributed by atoms with E-state index in [2.05, 4.69) is 0 Å². The van der Waals surface area contributed by atoms with Crippen LogP contribution in [0.4, 0.5) is 8.78 Å². The van der Waals surface area contributed by atoms with E-state index in [0.29, 0.717) is 16.7 Å². The number of halogens is 3. The Bertz CT molecular complexity index is 870. The fraction of sp³-hybridized carbons (Fsp3) is 0.400. The molecule has 3 rings (SSSR count). The first-order valence-electron chi connectivity index (χ1n) is 8.89. The minimum Gasteiger partial charge on any atom is -0.394 e. The van der Waals surface area contributed by atoms with Crippen LogP contribution in [0.3, 0.4) is 0 Å². The van der Waals surface area contributed by atoms with E-state index in [1.54, 1.807) is 13.0 Å². The summed E-state index contributed by atoms with van der Waals surface area (Å²) in [5.41, 5.74) is 1.60. The predicted octanol–water partition coefficient (Wildman–Crippen LogP) is 1.47. The molecule has 0 aliphatic carbocycles. The third-order valence-electron chi connectivity index (χ3n) is 5.15. The molecule has 29 heavy (non-hydrogen) atoms. The molecule has 9 heteroatoms. The lowest BCUT2D eigenvalue weighted by atomic mass is 9.88. The second kappa shape index (κ2) is 8.61. The van der Waals surface area contributed by atoms with E-state index in [4.69, 9.17) is 16.3 Å². The Labute approximate surface area is 170 Å². The van der Waals surface area contributed by atoms with Crippen molar-refractivity contribution in [2.75, 3.05) is 6.61 Å². The fourth-order valence-corrected chi connectivity index (χ4v) is 3.59. The zero-order chi connectivity index (χ0) is 21.5. The average Bonchev–Trinajstić information content (AvgIpc) is 2.69. The molecule has 0 radical (unpaired) electrons. The summed E-state index contributed by atoms with van der Waals surface area (Å²) in [5.74, 6) is -1.80. The van der Waals surface area contributed by atoms with Crippen LogP contribution in [0.25, 0.3) is 11.1 Å². The van der Waals surface area contributed by atoms with Crippen molar-refractivity contribution in [2.24, 2.45) is 0 Å². The number of aliphatic hydroxyl groups excluding tert-OH is 5. The molecule has 1 fully saturated rings. The summed E-state index contributed by atoms with van der Waals surface area (Å²) >= 11 is 5.50. The van der Waals surface area contributed by atoms with Gasteiger partial charge in [-0.15, -0.1) is 0 Å². The summed E-state index contributed by atoms with van der Waals surface area (Å²) in [6.07, 6.45) is -8.58. The van der Waals surface area contributed by atoms with Crippen LogP contribution in [0, 0.1) is 18.6 Å². The Morgan fingerprint density at radius 2 is 1.62 bits per heavy atom. The summed E-state index contributed by atoms with van der Waals surface area (Å²) in [5, 5.41) is 49.4. The molecule has 6 atom stereocenters. The monoisotopic (exact) mass is 430 g/mol. The van der Waals surface area contributed by atoms with Gasteiger partial charge in [-0.1, -0.05) is 29.8 Å². The number of aliphatic hydroxyl groups is 5. The maximum Gasteiger partial charge on any atom is 0.145 e. The molecule has 2 aromatic rings. The largest absolute Gasteiger partial charge is 0.394 e. The Hall–Kier alpha value is -1.65. The average molecular weight is 431 g/mol. The molecule has 2 aromatic carbocycles. The smallest absolute Gasteiger partial charge is 0.145 e. The summed E-state index contributed by atoms with van der Waals surface area (Å²) in [6, 6.07) is 6.80. The second-order valence-electron chi connectivity index (χ2n) is 7.06. The summed E-state index contributed by atoms with van der Waals surface area (Å²) in [4.78, 5) is 0. The van der Waals surface area contributed by atoms with Crippen molar-refractivity contribution in [1.82, 2.24) is 0 Å². The first-order chi connectivity index (χ1) is 13.6. The SMILES string of the molecule is Cc1cc(-c2cc(F)c(Cl)c(F)c2)ccc1[C@@H](O)[C@H]1O[C@H](CO)[C@@H](O)C(O)C1O. The van der Waals surface area contributed by atoms with E-state index in [-0.39, 0.29) is 5.56 Å². The number of benzene rings is 2. The molecule has 1 aliphatic rings. The van der Waals surface area contributed by atoms with Crippen molar-refractivity contribution in [3.8, 4) is 11.1 Å². The van der Waals surface area contributed by atoms with Crippen molar-refractivity contribution in [1.29, 1.82) is 0 Å². The minimum atomic E-state index is -1.61. The second-order valence-corrected chi connectivity index (χ2v) is 7.44. The van der Waals surface area contributed by atoms with Crippen LogP contribution in [0.15, 0.2) is 30.3 Å². The highest BCUT2D eigenvalue weighted by Gasteiger charge is 2.46. The number of ether oxygens (including phenoxy) is 1. The van der Waals surface area contributed by atoms with Crippen molar-refractivity contribution in [2.45, 2.75) is 43.5 Å². The van der Waals surface area contributed by atoms with Gasteiger partial charge in [-0.05, 0) is 41.3 Å². The van der Waals surface area contributed by atoms with Crippen molar-refractivity contribution in [3.63, 3.8) is 0 Å². The molecule has 0 bridgehead atoms. The quantitative estimate of drug-likeness (QED) is 0.470. The number of hydrogen-bond donors (Lipinski definition) is 5. The van der Waals surface area contributed by atoms with Crippen LogP contribution >= 0.6 is 11.6 Å². The molecule has 0 saturated carbocycles. The highest BCUT2D eigenvalue weighted by molar-refractivity contribution is 6.31. The highest BCUT2D eigenvalue weighted by atomic mass is 35.5. The van der Waals surface area contributed by atoms with E-state index in [9.17, 15) is 34.3 Å². The highest BCUT2D eigenvalue weighted by Crippen LogP contribution is 2.34. The van der Waals surface area contributed by atoms with E-state index >= 15 is 0 Å². The van der Waals surface area contributed by atoms with Gasteiger partial charge in [0.1, 0.15) is 53.3 Å². The maximum absolute atomic E-state index is 13.7. The fourth-order valence-electron chi connectivity index (χ4n) is 3.48. The van der Waals surface area contributed by atoms with E-state index in [1.807, 2.05) is 0 Å². The molecule has 6 nitrogen and oxygen atoms in total. The van der Waals surface area contributed by atoms with Crippen LogP contribution < -0.4 is 0 Å². The van der Waals surface area contributed by atoms with Gasteiger partial charge in [0.25, 0.3) is 0 Å². The first kappa shape index (κ1) is 22.0. The molecule has 1 saturated heterocycles. The van der Waals surface area contributed by atoms with Crippen molar-refractivity contribution >= 4 is 11.6 Å². The minimum absolute atomic E-state index is 0.251. The van der Waals surface area contributed by atoms with Gasteiger partial charge >= 0.3 is 0 Å². The van der Waals surface area contributed by atoms with Crippen LogP contribution in [0.1, 0.15) is 17.2 Å². The van der Waals surface area contributed by atoms with Crippen LogP contribution in [-0.2, 0) is 4.74 Å². The van der Waals surface area contributed by atoms with Gasteiger partial charge in [-0.3, -0.25) is 0 Å². The molecule has 1 heterocycles. The topological polar surface area (TPSA) is 110 Å². The van der Waals surface area contributed by atoms with Gasteiger partial charge in [0, 0.05) is 0 Å². The Morgan fingerprint density at radius 1 is 1.00 bits per heavy atom. The molecule has 158 valence electrons. The van der Waals surface area contributed by atoms with Crippen LogP contribution in [0.5, 0.6) is 0 Å². The molecule has 5 N–H and O–H groups in total. The lowest BCUT2D eigenvalue weighted by molar-refractivity contribution is -0.250. The van der Waals surface area contributed by atoms with E-state index in [1.165, 1.54) is 12.1 Å². The van der Waals surface area contributed by atoms with Crippen molar-refractivity contribution < 1.29 is 39.1 Å². The Balaban J connectivity index is 1.90. The van der Waals surface area contributed by atoms with Crippen molar-refractivity contribution in [3.05, 3.63) is 58.1 Å². The maximum atomic E-state index is 13.7.